The Kier molecular flexibility index (Phi) is 24.5. The Balaban J connectivity index is 0.893. The minimum absolute atomic E-state index is 0.138. The number of ether oxygens (including phenoxy) is 4. The highest BCUT2D eigenvalue weighted by Crippen LogP contribution is 2.34. The number of nitrogens with one attached hydrogen (secondary N) is 1. The summed E-state index contributed by atoms with van der Waals surface area (Å²) in [6, 6.07) is 44.0. The van der Waals surface area contributed by atoms with Gasteiger partial charge in [0.05, 0.1) is 0 Å². The van der Waals surface area contributed by atoms with Crippen LogP contribution in [0.5, 0.6) is 0 Å². The SMILES string of the molecule is CCCCCCCCCCCCCCCCCCCCCCn1c2ccc3cc2c2cc(ccc21)/C=C(/C#N)C(=O)OCc1ccc(cc1)COC(=O)C(C#N)=Cc1ccc2[nH]c4ccc(cc4c2c1)C=C(C#N)C(=O)OCc1ccc(cc1)COC(=O)C(C#N)=C3. The second-order valence-electron chi connectivity index (χ2n) is 23.8. The van der Waals surface area contributed by atoms with E-state index < -0.39 is 23.9 Å². The van der Waals surface area contributed by atoms with E-state index in [1.54, 1.807) is 60.7 Å². The highest BCUT2D eigenvalue weighted by molar-refractivity contribution is 6.11. The number of carbonyl (C=O) groups is 4. The van der Waals surface area contributed by atoms with Crippen molar-refractivity contribution in [2.45, 2.75) is 168 Å². The van der Waals surface area contributed by atoms with E-state index in [0.717, 1.165) is 69.4 Å². The fourth-order valence-electron chi connectivity index (χ4n) is 11.8. The van der Waals surface area contributed by atoms with Gasteiger partial charge in [0.2, 0.25) is 0 Å². The summed E-state index contributed by atoms with van der Waals surface area (Å²) in [4.78, 5) is 56.9. The Morgan fingerprint density at radius 3 is 0.891 bits per heavy atom. The Hall–Kier alpha value is -10.3. The number of aromatic nitrogens is 2. The van der Waals surface area contributed by atoms with Gasteiger partial charge in [0.25, 0.3) is 0 Å². The molecular formula is C78H78N6O8. The molecule has 2 aromatic heterocycles. The van der Waals surface area contributed by atoms with Crippen molar-refractivity contribution < 1.29 is 38.1 Å². The normalized spacial score (nSPS) is 14.4. The van der Waals surface area contributed by atoms with Gasteiger partial charge in [-0.05, 0) is 124 Å². The third-order valence-electron chi connectivity index (χ3n) is 16.9. The van der Waals surface area contributed by atoms with Gasteiger partial charge >= 0.3 is 23.9 Å². The van der Waals surface area contributed by atoms with Crippen LogP contribution in [0.1, 0.15) is 180 Å². The predicted octanol–water partition coefficient (Wildman–Crippen LogP) is 18.2. The molecule has 6 aromatic carbocycles. The number of nitrogens with zero attached hydrogens (tertiary/aromatic N) is 5. The maximum absolute atomic E-state index is 13.5. The number of carbonyl (C=O) groups excluding carboxylic acids is 4. The summed E-state index contributed by atoms with van der Waals surface area (Å²) in [7, 11) is 0. The van der Waals surface area contributed by atoms with Crippen LogP contribution in [-0.2, 0) is 71.1 Å². The third-order valence-corrected chi connectivity index (χ3v) is 16.9. The molecule has 0 radical (unpaired) electrons. The molecule has 4 aliphatic heterocycles. The summed E-state index contributed by atoms with van der Waals surface area (Å²) in [6.45, 7) is 2.48. The molecule has 0 atom stereocenters. The van der Waals surface area contributed by atoms with Crippen LogP contribution in [0.3, 0.4) is 0 Å². The first-order valence-electron chi connectivity index (χ1n) is 32.5. The standard InChI is InChI=1S/C78H78N6O8/c1-2-3-4-5-6-7-8-9-10-11-12-13-14-15-16-17-18-19-20-21-38-84-73-36-32-61-41-65(49-81)77(87)91-53-57-26-22-55(23-27-57)51-89-75(85)63(47-79)39-59-30-34-71-67(43-59)68-44-60(31-35-72(68)83-71)40-64(48-80)76(86)90-52-56-24-28-58(29-25-56)54-92-78(88)66(50-82)42-62-33-37-74(84)70(46-62)69(73)45-61/h22-37,39-46,83H,2-21,38,51-54H2,1H3/b63-39?,64-40?,65-41-,66-42?. The molecular weight excluding hydrogens is 1150 g/mol. The van der Waals surface area contributed by atoms with Crippen molar-refractivity contribution in [1.82, 2.24) is 9.55 Å². The minimum atomic E-state index is -0.824. The van der Waals surface area contributed by atoms with Crippen LogP contribution in [0.4, 0.5) is 0 Å². The quantitative estimate of drug-likeness (QED) is 0.0403. The molecule has 4 aliphatic rings. The second-order valence-corrected chi connectivity index (χ2v) is 23.8. The zero-order valence-corrected chi connectivity index (χ0v) is 52.5. The molecule has 6 heterocycles. The minimum Gasteiger partial charge on any atom is -0.457 e. The number of esters is 4. The molecule has 12 bridgehead atoms. The molecule has 14 nitrogen and oxygen atoms in total. The Labute approximate surface area is 538 Å². The molecule has 0 saturated heterocycles. The second kappa shape index (κ2) is 34.1. The molecule has 12 rings (SSSR count). The van der Waals surface area contributed by atoms with Crippen LogP contribution in [-0.4, -0.2) is 33.4 Å². The van der Waals surface area contributed by atoms with Crippen LogP contribution in [0, 0.1) is 45.3 Å². The lowest BCUT2D eigenvalue weighted by atomic mass is 10.0. The first kappa shape index (κ1) is 66.1. The van der Waals surface area contributed by atoms with Crippen LogP contribution in [0.15, 0.2) is 144 Å². The molecule has 0 amide bonds. The summed E-state index contributed by atoms with van der Waals surface area (Å²) < 4.78 is 24.6. The number of H-pyrrole nitrogens is 1. The van der Waals surface area contributed by atoms with Crippen molar-refractivity contribution in [3.8, 4) is 24.3 Å². The first-order chi connectivity index (χ1) is 45.0. The van der Waals surface area contributed by atoms with Gasteiger partial charge in [0.1, 0.15) is 73.0 Å². The predicted molar refractivity (Wildman–Crippen MR) is 360 cm³/mol. The molecule has 0 aliphatic carbocycles. The van der Waals surface area contributed by atoms with Crippen molar-refractivity contribution in [2.24, 2.45) is 0 Å². The van der Waals surface area contributed by atoms with E-state index in [1.807, 2.05) is 84.9 Å². The fourth-order valence-corrected chi connectivity index (χ4v) is 11.8. The number of hydrogen-bond acceptors (Lipinski definition) is 12. The van der Waals surface area contributed by atoms with Gasteiger partial charge in [-0.2, -0.15) is 21.0 Å². The molecule has 8 aromatic rings. The molecule has 92 heavy (non-hydrogen) atoms. The summed E-state index contributed by atoms with van der Waals surface area (Å²) in [6.07, 6.45) is 32.0. The van der Waals surface area contributed by atoms with E-state index in [1.165, 1.54) is 133 Å². The fraction of sp³-hybridized carbons (Fsp3) is 0.333. The van der Waals surface area contributed by atoms with Gasteiger partial charge in [-0.1, -0.05) is 202 Å². The highest BCUT2D eigenvalue weighted by Gasteiger charge is 2.19. The number of aromatic amines is 1. The topological polar surface area (TPSA) is 221 Å². The molecule has 0 spiro atoms. The van der Waals surface area contributed by atoms with Gasteiger partial charge in [0, 0.05) is 50.2 Å². The molecule has 0 fully saturated rings. The molecule has 0 saturated carbocycles. The zero-order valence-electron chi connectivity index (χ0n) is 52.5. The summed E-state index contributed by atoms with van der Waals surface area (Å²) >= 11 is 0. The van der Waals surface area contributed by atoms with E-state index >= 15 is 0 Å². The number of nitriles is 4. The van der Waals surface area contributed by atoms with Gasteiger partial charge < -0.3 is 28.5 Å². The number of unbranched alkanes of at least 4 members (excludes halogenated alkanes) is 19. The smallest absolute Gasteiger partial charge is 0.349 e. The van der Waals surface area contributed by atoms with Crippen molar-refractivity contribution in [3.05, 3.63) is 188 Å². The number of benzene rings is 6. The van der Waals surface area contributed by atoms with Crippen molar-refractivity contribution >= 4 is 91.8 Å². The molecule has 468 valence electrons. The lowest BCUT2D eigenvalue weighted by Crippen LogP contribution is -2.08. The third kappa shape index (κ3) is 18.4. The monoisotopic (exact) mass is 1230 g/mol. The summed E-state index contributed by atoms with van der Waals surface area (Å²) in [5.41, 5.74) is 7.41. The van der Waals surface area contributed by atoms with Gasteiger partial charge in [-0.15, -0.1) is 0 Å². The van der Waals surface area contributed by atoms with Crippen LogP contribution in [0.25, 0.3) is 67.9 Å². The average Bonchev–Trinajstić information content (AvgIpc) is 1.62. The number of rotatable bonds is 21. The first-order valence-corrected chi connectivity index (χ1v) is 32.5. The van der Waals surface area contributed by atoms with Crippen LogP contribution < -0.4 is 0 Å². The van der Waals surface area contributed by atoms with Crippen molar-refractivity contribution in [1.29, 1.82) is 21.0 Å². The maximum Gasteiger partial charge on any atom is 0.349 e. The zero-order chi connectivity index (χ0) is 64.4. The van der Waals surface area contributed by atoms with E-state index in [9.17, 15) is 40.2 Å². The highest BCUT2D eigenvalue weighted by atomic mass is 16.5. The Bertz CT molecular complexity index is 4000. The number of hydrogen-bond donors (Lipinski definition) is 1. The van der Waals surface area contributed by atoms with Gasteiger partial charge in [0.15, 0.2) is 0 Å². The van der Waals surface area contributed by atoms with E-state index in [-0.39, 0.29) is 48.7 Å². The Morgan fingerprint density at radius 2 is 0.609 bits per heavy atom. The molecule has 1 N–H and O–H groups in total. The van der Waals surface area contributed by atoms with E-state index in [4.69, 9.17) is 18.9 Å². The summed E-state index contributed by atoms with van der Waals surface area (Å²) in [5.74, 6) is -3.27. The lowest BCUT2D eigenvalue weighted by molar-refractivity contribution is -0.140. The van der Waals surface area contributed by atoms with Gasteiger partial charge in [-0.3, -0.25) is 0 Å². The molecule has 0 unspecified atom stereocenters. The maximum atomic E-state index is 13.5. The molecule has 14 heteroatoms. The van der Waals surface area contributed by atoms with Crippen LogP contribution >= 0.6 is 0 Å². The van der Waals surface area contributed by atoms with Crippen molar-refractivity contribution in [3.63, 3.8) is 0 Å². The van der Waals surface area contributed by atoms with E-state index in [0.29, 0.717) is 44.5 Å². The van der Waals surface area contributed by atoms with Gasteiger partial charge in [-0.25, -0.2) is 19.2 Å². The Morgan fingerprint density at radius 1 is 0.348 bits per heavy atom. The van der Waals surface area contributed by atoms with Crippen LogP contribution in [0.2, 0.25) is 0 Å². The summed E-state index contributed by atoms with van der Waals surface area (Å²) in [5, 5.41) is 43.9. The van der Waals surface area contributed by atoms with Crippen molar-refractivity contribution in [2.75, 3.05) is 0 Å². The van der Waals surface area contributed by atoms with E-state index in [2.05, 4.69) is 16.5 Å². The lowest BCUT2D eigenvalue weighted by Gasteiger charge is -2.09. The number of aryl methyl sites for hydroxylation is 1. The largest absolute Gasteiger partial charge is 0.457 e. The average molecular weight is 1230 g/mol.